The summed E-state index contributed by atoms with van der Waals surface area (Å²) >= 11 is 5.65. The van der Waals surface area contributed by atoms with Crippen LogP contribution in [0.1, 0.15) is 24.2 Å². The molecule has 4 atom stereocenters. The van der Waals surface area contributed by atoms with Gasteiger partial charge in [-0.05, 0) is 67.8 Å². The molecule has 1 aromatic carbocycles. The van der Waals surface area contributed by atoms with Crippen LogP contribution >= 0.6 is 67.8 Å². The van der Waals surface area contributed by atoms with Crippen LogP contribution in [0.4, 0.5) is 11.4 Å². The molecule has 1 rings (SSSR count). The van der Waals surface area contributed by atoms with E-state index < -0.39 is 42.8 Å². The largest absolute Gasteiger partial charge is 0.394 e. The standard InChI is InChI=1S/C18H22I3N3O8/c1-6(27)22-14-11(19)10(12(20)15(13(14)21)24(3)7(2)28)18(32)23-8(4-25)16(30)17(31)9(29)5-26/h4,8-9,16-17,26,29-31H,5H2,1-3H3,(H,22,27)(H,23,32)/t8-,9-,16+,17+/m1/s1. The normalized spacial score (nSPS) is 14.7. The van der Waals surface area contributed by atoms with Gasteiger partial charge in [0, 0.05) is 20.9 Å². The highest BCUT2D eigenvalue weighted by molar-refractivity contribution is 14.1. The molecule has 6 N–H and O–H groups in total. The molecule has 1 aromatic rings. The zero-order valence-electron chi connectivity index (χ0n) is 17.1. The third-order valence-electron chi connectivity index (χ3n) is 4.37. The van der Waals surface area contributed by atoms with Crippen LogP contribution in [0.25, 0.3) is 0 Å². The number of nitrogens with zero attached hydrogens (tertiary/aromatic N) is 1. The summed E-state index contributed by atoms with van der Waals surface area (Å²) in [5.41, 5.74) is 0.660. The number of aliphatic hydroxyl groups is 4. The first-order chi connectivity index (χ1) is 14.8. The number of hydrogen-bond donors (Lipinski definition) is 6. The topological polar surface area (TPSA) is 176 Å². The summed E-state index contributed by atoms with van der Waals surface area (Å²) in [5.74, 6) is -1.57. The molecule has 0 aliphatic carbocycles. The zero-order chi connectivity index (χ0) is 24.9. The van der Waals surface area contributed by atoms with Crippen molar-refractivity contribution in [3.8, 4) is 0 Å². The van der Waals surface area contributed by atoms with Gasteiger partial charge in [-0.15, -0.1) is 0 Å². The molecule has 0 aliphatic heterocycles. The lowest BCUT2D eigenvalue weighted by atomic mass is 10.0. The van der Waals surface area contributed by atoms with E-state index in [-0.39, 0.29) is 23.4 Å². The Bertz CT molecular complexity index is 914. The molecule has 0 aromatic heterocycles. The first-order valence-corrected chi connectivity index (χ1v) is 12.2. The van der Waals surface area contributed by atoms with E-state index in [0.29, 0.717) is 16.4 Å². The minimum atomic E-state index is -1.91. The Morgan fingerprint density at radius 1 is 1.03 bits per heavy atom. The molecule has 0 fully saturated rings. The maximum Gasteiger partial charge on any atom is 0.254 e. The number of amides is 3. The van der Waals surface area contributed by atoms with Gasteiger partial charge in [-0.25, -0.2) is 0 Å². The third-order valence-corrected chi connectivity index (χ3v) is 7.55. The van der Waals surface area contributed by atoms with Crippen molar-refractivity contribution in [3.63, 3.8) is 0 Å². The number of benzene rings is 1. The highest BCUT2D eigenvalue weighted by atomic mass is 127. The van der Waals surface area contributed by atoms with E-state index in [1.807, 2.05) is 67.8 Å². The summed E-state index contributed by atoms with van der Waals surface area (Å²) in [6, 6.07) is -1.62. The minimum Gasteiger partial charge on any atom is -0.394 e. The Labute approximate surface area is 224 Å². The van der Waals surface area contributed by atoms with Gasteiger partial charge in [0.1, 0.15) is 30.6 Å². The van der Waals surface area contributed by atoms with Gasteiger partial charge >= 0.3 is 0 Å². The Balaban J connectivity index is 3.57. The molecule has 0 heterocycles. The highest BCUT2D eigenvalue weighted by Crippen LogP contribution is 2.40. The Morgan fingerprint density at radius 2 is 1.59 bits per heavy atom. The Hall–Kier alpha value is -0.670. The zero-order valence-corrected chi connectivity index (χ0v) is 23.6. The van der Waals surface area contributed by atoms with Gasteiger partial charge in [0.2, 0.25) is 11.8 Å². The predicted molar refractivity (Wildman–Crippen MR) is 140 cm³/mol. The number of carbonyl (C=O) groups is 4. The van der Waals surface area contributed by atoms with Crippen molar-refractivity contribution >= 4 is 103 Å². The lowest BCUT2D eigenvalue weighted by molar-refractivity contribution is -0.119. The van der Waals surface area contributed by atoms with Crippen LogP contribution < -0.4 is 15.5 Å². The molecule has 0 radical (unpaired) electrons. The van der Waals surface area contributed by atoms with Gasteiger partial charge < -0.3 is 40.8 Å². The van der Waals surface area contributed by atoms with E-state index in [9.17, 15) is 34.5 Å². The summed E-state index contributed by atoms with van der Waals surface area (Å²) in [6.07, 6.45) is -5.36. The Morgan fingerprint density at radius 3 is 2.03 bits per heavy atom. The lowest BCUT2D eigenvalue weighted by Gasteiger charge is -2.27. The van der Waals surface area contributed by atoms with Crippen molar-refractivity contribution in [1.29, 1.82) is 0 Å². The molecule has 3 amide bonds. The second-order valence-electron chi connectivity index (χ2n) is 6.67. The average Bonchev–Trinajstić information content (AvgIpc) is 2.72. The van der Waals surface area contributed by atoms with E-state index >= 15 is 0 Å². The second-order valence-corrected chi connectivity index (χ2v) is 9.90. The fraction of sp³-hybridized carbons (Fsp3) is 0.444. The molecular formula is C18H22I3N3O8. The van der Waals surface area contributed by atoms with E-state index in [4.69, 9.17) is 5.11 Å². The Kier molecular flexibility index (Phi) is 11.7. The van der Waals surface area contributed by atoms with Gasteiger partial charge in [-0.1, -0.05) is 0 Å². The molecule has 0 spiro atoms. The van der Waals surface area contributed by atoms with E-state index in [2.05, 4.69) is 10.6 Å². The highest BCUT2D eigenvalue weighted by Gasteiger charge is 2.34. The summed E-state index contributed by atoms with van der Waals surface area (Å²) in [7, 11) is 1.50. The lowest BCUT2D eigenvalue weighted by Crippen LogP contribution is -2.53. The fourth-order valence-electron chi connectivity index (χ4n) is 2.56. The number of anilines is 2. The number of nitrogens with one attached hydrogen (secondary N) is 2. The number of carbonyl (C=O) groups excluding carboxylic acids is 4. The van der Waals surface area contributed by atoms with Crippen molar-refractivity contribution in [2.24, 2.45) is 0 Å². The maximum absolute atomic E-state index is 13.1. The molecule has 178 valence electrons. The molecule has 0 saturated heterocycles. The number of halogens is 3. The molecule has 0 saturated carbocycles. The molecule has 11 nitrogen and oxygen atoms in total. The van der Waals surface area contributed by atoms with Crippen molar-refractivity contribution in [3.05, 3.63) is 16.3 Å². The fourth-order valence-corrected chi connectivity index (χ4v) is 7.21. The van der Waals surface area contributed by atoms with Gasteiger partial charge in [0.15, 0.2) is 0 Å². The minimum absolute atomic E-state index is 0.0229. The van der Waals surface area contributed by atoms with Crippen molar-refractivity contribution in [1.82, 2.24) is 5.32 Å². The van der Waals surface area contributed by atoms with Crippen molar-refractivity contribution in [2.75, 3.05) is 23.9 Å². The van der Waals surface area contributed by atoms with Crippen LogP contribution in [-0.2, 0) is 14.4 Å². The van der Waals surface area contributed by atoms with Crippen LogP contribution in [0.15, 0.2) is 0 Å². The quantitative estimate of drug-likeness (QED) is 0.148. The van der Waals surface area contributed by atoms with Gasteiger partial charge in [-0.2, -0.15) is 0 Å². The van der Waals surface area contributed by atoms with Crippen molar-refractivity contribution in [2.45, 2.75) is 38.2 Å². The third kappa shape index (κ3) is 6.69. The smallest absolute Gasteiger partial charge is 0.254 e. The maximum atomic E-state index is 13.1. The number of rotatable bonds is 9. The predicted octanol–water partition coefficient (Wildman–Crippen LogP) is -0.186. The van der Waals surface area contributed by atoms with E-state index in [1.54, 1.807) is 0 Å². The first kappa shape index (κ1) is 29.4. The first-order valence-electron chi connectivity index (χ1n) is 8.93. The van der Waals surface area contributed by atoms with Crippen LogP contribution in [0.3, 0.4) is 0 Å². The molecule has 0 aliphatic rings. The van der Waals surface area contributed by atoms with Crippen LogP contribution in [0, 0.1) is 10.7 Å². The number of aldehydes is 1. The monoisotopic (exact) mass is 789 g/mol. The summed E-state index contributed by atoms with van der Waals surface area (Å²) in [6.45, 7) is 1.74. The molecule has 32 heavy (non-hydrogen) atoms. The molecule has 0 bridgehead atoms. The summed E-state index contributed by atoms with van der Waals surface area (Å²) < 4.78 is 1.17. The van der Waals surface area contributed by atoms with Crippen LogP contribution in [0.5, 0.6) is 0 Å². The number of aliphatic hydroxyl groups excluding tert-OH is 4. The van der Waals surface area contributed by atoms with Gasteiger partial charge in [-0.3, -0.25) is 14.4 Å². The van der Waals surface area contributed by atoms with Crippen LogP contribution in [-0.4, -0.2) is 82.4 Å². The summed E-state index contributed by atoms with van der Waals surface area (Å²) in [4.78, 5) is 49.6. The van der Waals surface area contributed by atoms with Gasteiger partial charge in [0.05, 0.1) is 34.3 Å². The molecular weight excluding hydrogens is 767 g/mol. The second kappa shape index (κ2) is 12.7. The van der Waals surface area contributed by atoms with Crippen molar-refractivity contribution < 1.29 is 39.6 Å². The van der Waals surface area contributed by atoms with Crippen LogP contribution in [0.2, 0.25) is 0 Å². The average molecular weight is 789 g/mol. The number of hydrogen-bond acceptors (Lipinski definition) is 8. The van der Waals surface area contributed by atoms with E-state index in [1.165, 1.54) is 25.8 Å². The van der Waals surface area contributed by atoms with Gasteiger partial charge in [0.25, 0.3) is 5.91 Å². The SMILES string of the molecule is CC(=O)Nc1c(I)c(C(=O)N[C@H](C=O)[C@H](O)[C@@H](O)[C@H](O)CO)c(I)c(N(C)C(C)=O)c1I. The van der Waals surface area contributed by atoms with E-state index in [0.717, 1.165) is 0 Å². The molecule has 14 heteroatoms. The molecule has 0 unspecified atom stereocenters. The summed E-state index contributed by atoms with van der Waals surface area (Å²) in [5, 5.41) is 43.4.